The number of nitrogens with one attached hydrogen (secondary N) is 1. The standard InChI is InChI=1S/C16H21NO4/c1-16(2,3)9-5-6-13(21-4)12(7-9)17-14(18)10-8-11(10)15(19)20/h5-7,10-11H,8H2,1-4H3,(H,17,18)(H,19,20). The van der Waals surface area contributed by atoms with E-state index in [0.717, 1.165) is 5.56 Å². The lowest BCUT2D eigenvalue weighted by atomic mass is 9.87. The van der Waals surface area contributed by atoms with Crippen molar-refractivity contribution in [2.45, 2.75) is 32.6 Å². The fourth-order valence-corrected chi connectivity index (χ4v) is 2.26. The van der Waals surface area contributed by atoms with Crippen molar-refractivity contribution in [2.75, 3.05) is 12.4 Å². The number of aliphatic carboxylic acids is 1. The van der Waals surface area contributed by atoms with E-state index in [4.69, 9.17) is 9.84 Å². The van der Waals surface area contributed by atoms with E-state index in [0.29, 0.717) is 17.9 Å². The van der Waals surface area contributed by atoms with Crippen LogP contribution in [-0.2, 0) is 15.0 Å². The average molecular weight is 291 g/mol. The molecule has 21 heavy (non-hydrogen) atoms. The normalized spacial score (nSPS) is 20.8. The second-order valence-electron chi connectivity index (χ2n) is 6.44. The molecule has 1 aromatic carbocycles. The molecule has 0 radical (unpaired) electrons. The summed E-state index contributed by atoms with van der Waals surface area (Å²) in [6, 6.07) is 5.67. The van der Waals surface area contributed by atoms with Crippen LogP contribution in [0, 0.1) is 11.8 Å². The third-order valence-corrected chi connectivity index (χ3v) is 3.77. The third-order valence-electron chi connectivity index (χ3n) is 3.77. The summed E-state index contributed by atoms with van der Waals surface area (Å²) in [5.41, 5.74) is 1.62. The van der Waals surface area contributed by atoms with Crippen molar-refractivity contribution in [3.63, 3.8) is 0 Å². The molecule has 0 aliphatic heterocycles. The first kappa shape index (κ1) is 15.4. The molecule has 0 spiro atoms. The van der Waals surface area contributed by atoms with Crippen molar-refractivity contribution in [3.05, 3.63) is 23.8 Å². The van der Waals surface area contributed by atoms with Gasteiger partial charge in [0.25, 0.3) is 0 Å². The van der Waals surface area contributed by atoms with Gasteiger partial charge in [-0.1, -0.05) is 26.8 Å². The smallest absolute Gasteiger partial charge is 0.307 e. The molecule has 2 unspecified atom stereocenters. The Bertz CT molecular complexity index is 574. The van der Waals surface area contributed by atoms with Gasteiger partial charge in [-0.25, -0.2) is 0 Å². The number of anilines is 1. The number of hydrogen-bond acceptors (Lipinski definition) is 3. The van der Waals surface area contributed by atoms with E-state index in [1.165, 1.54) is 0 Å². The molecule has 0 heterocycles. The number of hydrogen-bond donors (Lipinski definition) is 2. The number of benzene rings is 1. The molecule has 0 saturated heterocycles. The van der Waals surface area contributed by atoms with Crippen LogP contribution >= 0.6 is 0 Å². The van der Waals surface area contributed by atoms with Gasteiger partial charge >= 0.3 is 5.97 Å². The van der Waals surface area contributed by atoms with Crippen molar-refractivity contribution in [3.8, 4) is 5.75 Å². The van der Waals surface area contributed by atoms with Crippen LogP contribution in [0.1, 0.15) is 32.8 Å². The van der Waals surface area contributed by atoms with Crippen LogP contribution in [0.25, 0.3) is 0 Å². The van der Waals surface area contributed by atoms with E-state index >= 15 is 0 Å². The lowest BCUT2D eigenvalue weighted by Gasteiger charge is -2.21. The van der Waals surface area contributed by atoms with E-state index in [2.05, 4.69) is 26.1 Å². The number of ether oxygens (including phenoxy) is 1. The Balaban J connectivity index is 2.18. The minimum absolute atomic E-state index is 0.0467. The molecule has 2 atom stereocenters. The summed E-state index contributed by atoms with van der Waals surface area (Å²) in [6.07, 6.45) is 0.405. The second-order valence-corrected chi connectivity index (χ2v) is 6.44. The van der Waals surface area contributed by atoms with E-state index in [-0.39, 0.29) is 11.3 Å². The van der Waals surface area contributed by atoms with Crippen LogP contribution in [0.4, 0.5) is 5.69 Å². The van der Waals surface area contributed by atoms with Gasteiger partial charge in [0, 0.05) is 0 Å². The highest BCUT2D eigenvalue weighted by Crippen LogP contribution is 2.40. The van der Waals surface area contributed by atoms with Gasteiger partial charge < -0.3 is 15.2 Å². The summed E-state index contributed by atoms with van der Waals surface area (Å²) in [5.74, 6) is -1.59. The Hall–Kier alpha value is -2.04. The van der Waals surface area contributed by atoms with Gasteiger partial charge in [0.2, 0.25) is 5.91 Å². The van der Waals surface area contributed by atoms with Crippen LogP contribution in [0.5, 0.6) is 5.75 Å². The lowest BCUT2D eigenvalue weighted by Crippen LogP contribution is -2.18. The minimum atomic E-state index is -0.912. The summed E-state index contributed by atoms with van der Waals surface area (Å²) in [4.78, 5) is 22.9. The van der Waals surface area contributed by atoms with Crippen LogP contribution in [0.3, 0.4) is 0 Å². The molecule has 1 aliphatic rings. The highest BCUT2D eigenvalue weighted by atomic mass is 16.5. The maximum atomic E-state index is 12.1. The Labute approximate surface area is 124 Å². The molecule has 1 saturated carbocycles. The van der Waals surface area contributed by atoms with Crippen molar-refractivity contribution in [2.24, 2.45) is 11.8 Å². The maximum absolute atomic E-state index is 12.1. The molecule has 114 valence electrons. The molecule has 0 bridgehead atoms. The second kappa shape index (κ2) is 5.39. The van der Waals surface area contributed by atoms with E-state index in [9.17, 15) is 9.59 Å². The Morgan fingerprint density at radius 2 is 1.95 bits per heavy atom. The van der Waals surface area contributed by atoms with Crippen LogP contribution in [0.15, 0.2) is 18.2 Å². The number of carbonyl (C=O) groups is 2. The van der Waals surface area contributed by atoms with Crippen molar-refractivity contribution in [1.29, 1.82) is 0 Å². The van der Waals surface area contributed by atoms with E-state index in [1.807, 2.05) is 18.2 Å². The number of carbonyl (C=O) groups excluding carboxylic acids is 1. The fourth-order valence-electron chi connectivity index (χ4n) is 2.26. The van der Waals surface area contributed by atoms with Gasteiger partial charge in [0.15, 0.2) is 0 Å². The lowest BCUT2D eigenvalue weighted by molar-refractivity contribution is -0.139. The highest BCUT2D eigenvalue weighted by molar-refractivity contribution is 5.99. The molecular formula is C16H21NO4. The predicted octanol–water partition coefficient (Wildman–Crippen LogP) is 2.65. The molecular weight excluding hydrogens is 270 g/mol. The van der Waals surface area contributed by atoms with Crippen molar-refractivity contribution < 1.29 is 19.4 Å². The molecule has 2 N–H and O–H groups in total. The largest absolute Gasteiger partial charge is 0.495 e. The van der Waals surface area contributed by atoms with Gasteiger partial charge in [-0.15, -0.1) is 0 Å². The first-order valence-electron chi connectivity index (χ1n) is 6.96. The van der Waals surface area contributed by atoms with E-state index < -0.39 is 17.8 Å². The molecule has 5 nitrogen and oxygen atoms in total. The molecule has 0 aromatic heterocycles. The molecule has 1 aliphatic carbocycles. The number of carboxylic acids is 1. The van der Waals surface area contributed by atoms with Crippen molar-refractivity contribution >= 4 is 17.6 Å². The summed E-state index contributed by atoms with van der Waals surface area (Å²) < 4.78 is 5.26. The van der Waals surface area contributed by atoms with Crippen LogP contribution in [-0.4, -0.2) is 24.1 Å². The summed E-state index contributed by atoms with van der Waals surface area (Å²) >= 11 is 0. The van der Waals surface area contributed by atoms with Crippen molar-refractivity contribution in [1.82, 2.24) is 0 Å². The Kier molecular flexibility index (Phi) is 3.94. The topological polar surface area (TPSA) is 75.6 Å². The minimum Gasteiger partial charge on any atom is -0.495 e. The molecule has 2 rings (SSSR count). The van der Waals surface area contributed by atoms with Crippen LogP contribution in [0.2, 0.25) is 0 Å². The molecule has 1 amide bonds. The third kappa shape index (κ3) is 3.35. The number of rotatable bonds is 4. The van der Waals surface area contributed by atoms with Crippen LogP contribution < -0.4 is 10.1 Å². The summed E-state index contributed by atoms with van der Waals surface area (Å²) in [5, 5.41) is 11.7. The number of carboxylic acid groups (broad SMARTS) is 1. The van der Waals surface area contributed by atoms with Gasteiger partial charge in [-0.3, -0.25) is 9.59 Å². The fraction of sp³-hybridized carbons (Fsp3) is 0.500. The predicted molar refractivity (Wildman–Crippen MR) is 79.6 cm³/mol. The van der Waals surface area contributed by atoms with Gasteiger partial charge in [-0.2, -0.15) is 0 Å². The van der Waals surface area contributed by atoms with Gasteiger partial charge in [-0.05, 0) is 29.5 Å². The monoisotopic (exact) mass is 291 g/mol. The number of methoxy groups -OCH3 is 1. The summed E-state index contributed by atoms with van der Waals surface area (Å²) in [6.45, 7) is 6.26. The quantitative estimate of drug-likeness (QED) is 0.894. The van der Waals surface area contributed by atoms with Gasteiger partial charge in [0.1, 0.15) is 5.75 Å². The molecule has 1 aromatic rings. The zero-order valence-corrected chi connectivity index (χ0v) is 12.8. The zero-order valence-electron chi connectivity index (χ0n) is 12.8. The highest BCUT2D eigenvalue weighted by Gasteiger charge is 2.48. The van der Waals surface area contributed by atoms with Gasteiger partial charge in [0.05, 0.1) is 24.6 Å². The maximum Gasteiger partial charge on any atom is 0.307 e. The Morgan fingerprint density at radius 1 is 1.29 bits per heavy atom. The SMILES string of the molecule is COc1ccc(C(C)(C)C)cc1NC(=O)C1CC1C(=O)O. The Morgan fingerprint density at radius 3 is 2.43 bits per heavy atom. The number of amides is 1. The molecule has 5 heteroatoms. The first-order chi connectivity index (χ1) is 9.74. The first-order valence-corrected chi connectivity index (χ1v) is 6.96. The zero-order chi connectivity index (χ0) is 15.8. The summed E-state index contributed by atoms with van der Waals surface area (Å²) in [7, 11) is 1.54. The van der Waals surface area contributed by atoms with E-state index in [1.54, 1.807) is 7.11 Å². The molecule has 1 fully saturated rings. The average Bonchev–Trinajstić information content (AvgIpc) is 3.17.